The number of nitrogens with zero attached hydrogens (tertiary/aromatic N) is 1. The van der Waals surface area contributed by atoms with Crippen LogP contribution in [0.5, 0.6) is 0 Å². The Morgan fingerprint density at radius 3 is 2.94 bits per heavy atom. The Morgan fingerprint density at radius 1 is 1.61 bits per heavy atom. The number of rotatable bonds is 4. The van der Waals surface area contributed by atoms with Gasteiger partial charge in [0, 0.05) is 23.2 Å². The summed E-state index contributed by atoms with van der Waals surface area (Å²) in [5.41, 5.74) is 6.31. The maximum atomic E-state index is 11.4. The Labute approximate surface area is 118 Å². The van der Waals surface area contributed by atoms with Gasteiger partial charge in [0.25, 0.3) is 5.56 Å². The van der Waals surface area contributed by atoms with Crippen LogP contribution >= 0.6 is 34.7 Å². The molecule has 0 aliphatic rings. The molecule has 0 saturated heterocycles. The molecule has 0 amide bonds. The van der Waals surface area contributed by atoms with Crippen molar-refractivity contribution in [1.29, 1.82) is 0 Å². The molecule has 1 atom stereocenters. The third kappa shape index (κ3) is 3.35. The van der Waals surface area contributed by atoms with E-state index < -0.39 is 0 Å². The van der Waals surface area contributed by atoms with E-state index in [4.69, 9.17) is 17.3 Å². The third-order valence-electron chi connectivity index (χ3n) is 2.23. The molecule has 0 bridgehead atoms. The second-order valence-corrected chi connectivity index (χ2v) is 6.61. The zero-order valence-corrected chi connectivity index (χ0v) is 12.0. The highest BCUT2D eigenvalue weighted by Crippen LogP contribution is 2.37. The number of halogens is 1. The molecule has 1 unspecified atom stereocenters. The quantitative estimate of drug-likeness (QED) is 0.672. The summed E-state index contributed by atoms with van der Waals surface area (Å²) in [7, 11) is 0. The molecule has 0 aliphatic carbocycles. The van der Waals surface area contributed by atoms with Crippen LogP contribution in [0.4, 0.5) is 0 Å². The number of nitrogens with one attached hydrogen (secondary N) is 1. The van der Waals surface area contributed by atoms with E-state index in [0.717, 1.165) is 9.21 Å². The maximum absolute atomic E-state index is 11.4. The lowest BCUT2D eigenvalue weighted by molar-refractivity contribution is 0.884. The minimum absolute atomic E-state index is 0.0486. The van der Waals surface area contributed by atoms with Crippen molar-refractivity contribution in [2.45, 2.75) is 17.3 Å². The van der Waals surface area contributed by atoms with Crippen molar-refractivity contribution in [3.63, 3.8) is 0 Å². The van der Waals surface area contributed by atoms with E-state index in [1.165, 1.54) is 29.2 Å². The smallest absolute Gasteiger partial charge is 0.251 e. The van der Waals surface area contributed by atoms with Crippen LogP contribution in [0.3, 0.4) is 0 Å². The van der Waals surface area contributed by atoms with E-state index in [-0.39, 0.29) is 10.8 Å². The van der Waals surface area contributed by atoms with Crippen molar-refractivity contribution in [3.8, 4) is 0 Å². The van der Waals surface area contributed by atoms with Crippen molar-refractivity contribution < 1.29 is 0 Å². The average molecular weight is 302 g/mol. The Hall–Kier alpha value is -0.820. The maximum Gasteiger partial charge on any atom is 0.251 e. The Morgan fingerprint density at radius 2 is 2.39 bits per heavy atom. The fraction of sp³-hybridized carbons (Fsp3) is 0.273. The van der Waals surface area contributed by atoms with Crippen LogP contribution in [-0.4, -0.2) is 16.5 Å². The summed E-state index contributed by atoms with van der Waals surface area (Å²) in [5.74, 6) is 0. The predicted octanol–water partition coefficient (Wildman–Crippen LogP) is 2.59. The number of hydrogen-bond donors (Lipinski definition) is 2. The summed E-state index contributed by atoms with van der Waals surface area (Å²) in [6.45, 7) is 2.25. The topological polar surface area (TPSA) is 71.8 Å². The summed E-state index contributed by atoms with van der Waals surface area (Å²) in [4.78, 5) is 19.4. The third-order valence-corrected chi connectivity index (χ3v) is 4.87. The first-order valence-corrected chi connectivity index (χ1v) is 7.36. The van der Waals surface area contributed by atoms with Gasteiger partial charge in [-0.05, 0) is 19.1 Å². The standard InChI is InChI=1S/C11H12ClN3OS2/c1-6-4-10(16)15-11(14-6)18-8(5-13)7-2-3-9(12)17-7/h2-4,8H,5,13H2,1H3,(H,14,15,16). The summed E-state index contributed by atoms with van der Waals surface area (Å²) in [6, 6.07) is 5.26. The van der Waals surface area contributed by atoms with Gasteiger partial charge in [0.2, 0.25) is 0 Å². The highest BCUT2D eigenvalue weighted by atomic mass is 35.5. The minimum atomic E-state index is -0.148. The van der Waals surface area contributed by atoms with Crippen LogP contribution in [0, 0.1) is 6.92 Å². The molecule has 2 aromatic rings. The highest BCUT2D eigenvalue weighted by molar-refractivity contribution is 7.99. The van der Waals surface area contributed by atoms with Crippen molar-refractivity contribution in [1.82, 2.24) is 9.97 Å². The Bertz CT molecular complexity index is 596. The van der Waals surface area contributed by atoms with E-state index in [1.807, 2.05) is 12.1 Å². The molecule has 3 N–H and O–H groups in total. The molecule has 0 spiro atoms. The number of H-pyrrole nitrogens is 1. The number of thioether (sulfide) groups is 1. The van der Waals surface area contributed by atoms with Gasteiger partial charge in [0.1, 0.15) is 0 Å². The first kappa shape index (κ1) is 13.6. The zero-order chi connectivity index (χ0) is 13.1. The predicted molar refractivity (Wildman–Crippen MR) is 76.6 cm³/mol. The fourth-order valence-corrected chi connectivity index (χ4v) is 3.73. The number of aromatic nitrogens is 2. The van der Waals surface area contributed by atoms with Crippen LogP contribution in [-0.2, 0) is 0 Å². The van der Waals surface area contributed by atoms with Gasteiger partial charge in [-0.25, -0.2) is 4.98 Å². The lowest BCUT2D eigenvalue weighted by Gasteiger charge is -2.11. The largest absolute Gasteiger partial charge is 0.329 e. The van der Waals surface area contributed by atoms with Crippen LogP contribution in [0.15, 0.2) is 28.2 Å². The molecule has 4 nitrogen and oxygen atoms in total. The van der Waals surface area contributed by atoms with Crippen molar-refractivity contribution in [3.05, 3.63) is 43.5 Å². The monoisotopic (exact) mass is 301 g/mol. The molecule has 7 heteroatoms. The number of thiophene rings is 1. The molecule has 2 aromatic heterocycles. The van der Waals surface area contributed by atoms with E-state index in [2.05, 4.69) is 9.97 Å². The highest BCUT2D eigenvalue weighted by Gasteiger charge is 2.15. The van der Waals surface area contributed by atoms with Gasteiger partial charge in [-0.1, -0.05) is 23.4 Å². The summed E-state index contributed by atoms with van der Waals surface area (Å²) >= 11 is 8.85. The van der Waals surface area contributed by atoms with Crippen LogP contribution in [0.2, 0.25) is 4.34 Å². The van der Waals surface area contributed by atoms with Gasteiger partial charge in [-0.2, -0.15) is 0 Å². The van der Waals surface area contributed by atoms with Gasteiger partial charge < -0.3 is 10.7 Å². The zero-order valence-electron chi connectivity index (χ0n) is 9.64. The molecule has 0 aliphatic heterocycles. The molecule has 0 fully saturated rings. The van der Waals surface area contributed by atoms with E-state index in [9.17, 15) is 4.79 Å². The molecule has 18 heavy (non-hydrogen) atoms. The van der Waals surface area contributed by atoms with Crippen molar-refractivity contribution in [2.24, 2.45) is 5.73 Å². The second kappa shape index (κ2) is 5.88. The lowest BCUT2D eigenvalue weighted by Crippen LogP contribution is -2.12. The van der Waals surface area contributed by atoms with Crippen LogP contribution in [0.1, 0.15) is 15.8 Å². The van der Waals surface area contributed by atoms with E-state index >= 15 is 0 Å². The van der Waals surface area contributed by atoms with Gasteiger partial charge in [0.05, 0.1) is 9.59 Å². The molecule has 0 aromatic carbocycles. The molecule has 2 rings (SSSR count). The van der Waals surface area contributed by atoms with Crippen molar-refractivity contribution in [2.75, 3.05) is 6.54 Å². The second-order valence-electron chi connectivity index (χ2n) is 3.68. The summed E-state index contributed by atoms with van der Waals surface area (Å²) < 4.78 is 0.731. The van der Waals surface area contributed by atoms with Crippen LogP contribution < -0.4 is 11.3 Å². The minimum Gasteiger partial charge on any atom is -0.329 e. The Balaban J connectivity index is 2.22. The lowest BCUT2D eigenvalue weighted by atomic mass is 10.3. The number of nitrogens with two attached hydrogens (primary N) is 1. The van der Waals surface area contributed by atoms with Crippen LogP contribution in [0.25, 0.3) is 0 Å². The molecular formula is C11H12ClN3OS2. The normalized spacial score (nSPS) is 12.6. The number of aryl methyl sites for hydroxylation is 1. The van der Waals surface area contributed by atoms with Gasteiger partial charge >= 0.3 is 0 Å². The fourth-order valence-electron chi connectivity index (χ4n) is 1.47. The first-order valence-electron chi connectivity index (χ1n) is 5.28. The van der Waals surface area contributed by atoms with E-state index in [0.29, 0.717) is 17.4 Å². The molecule has 0 radical (unpaired) electrons. The molecule has 0 saturated carbocycles. The average Bonchev–Trinajstić information content (AvgIpc) is 2.71. The van der Waals surface area contributed by atoms with Gasteiger partial charge in [-0.15, -0.1) is 11.3 Å². The SMILES string of the molecule is Cc1cc(=O)[nH]c(SC(CN)c2ccc(Cl)s2)n1. The summed E-state index contributed by atoms with van der Waals surface area (Å²) in [6.07, 6.45) is 0. The van der Waals surface area contributed by atoms with Gasteiger partial charge in [0.15, 0.2) is 5.16 Å². The van der Waals surface area contributed by atoms with Gasteiger partial charge in [-0.3, -0.25) is 4.79 Å². The molecular weight excluding hydrogens is 290 g/mol. The number of aromatic amines is 1. The first-order chi connectivity index (χ1) is 8.58. The van der Waals surface area contributed by atoms with Crippen molar-refractivity contribution >= 4 is 34.7 Å². The molecule has 2 heterocycles. The molecule has 96 valence electrons. The summed E-state index contributed by atoms with van der Waals surface area (Å²) in [5, 5.41) is 0.632. The van der Waals surface area contributed by atoms with E-state index in [1.54, 1.807) is 6.92 Å². The Kier molecular flexibility index (Phi) is 4.45. The number of hydrogen-bond acceptors (Lipinski definition) is 5.